The Balaban J connectivity index is 2.02. The van der Waals surface area contributed by atoms with Gasteiger partial charge in [-0.2, -0.15) is 5.26 Å². The van der Waals surface area contributed by atoms with E-state index >= 15 is 0 Å². The molecule has 0 saturated carbocycles. The zero-order valence-corrected chi connectivity index (χ0v) is 17.8. The van der Waals surface area contributed by atoms with Crippen LogP contribution in [0, 0.1) is 31.0 Å². The smallest absolute Gasteiger partial charge is 0.280 e. The van der Waals surface area contributed by atoms with E-state index in [1.54, 1.807) is 31.4 Å². The van der Waals surface area contributed by atoms with Gasteiger partial charge in [-0.1, -0.05) is 24.1 Å². The second-order valence-electron chi connectivity index (χ2n) is 6.36. The number of nitrogens with zero attached hydrogens (tertiary/aromatic N) is 3. The van der Waals surface area contributed by atoms with Crippen LogP contribution in [0.3, 0.4) is 0 Å². The van der Waals surface area contributed by atoms with Crippen LogP contribution >= 0.6 is 23.3 Å². The molecule has 0 bridgehead atoms. The predicted octanol–water partition coefficient (Wildman–Crippen LogP) is 5.12. The Bertz CT molecular complexity index is 1070. The largest absolute Gasteiger partial charge is 0.313 e. The topological polar surface area (TPSA) is 69.0 Å². The molecule has 0 aliphatic carbocycles. The number of carbonyl (C=O) groups is 1. The third-order valence-corrected chi connectivity index (χ3v) is 5.69. The first-order valence-corrected chi connectivity index (χ1v) is 10.8. The molecule has 1 aromatic heterocycles. The van der Waals surface area contributed by atoms with Crippen LogP contribution in [0.1, 0.15) is 32.1 Å². The van der Waals surface area contributed by atoms with E-state index in [1.165, 1.54) is 29.4 Å². The van der Waals surface area contributed by atoms with Crippen LogP contribution in [-0.4, -0.2) is 17.1 Å². The minimum Gasteiger partial charge on any atom is -0.313 e. The molecule has 1 amide bonds. The Morgan fingerprint density at radius 1 is 1.28 bits per heavy atom. The predicted molar refractivity (Wildman–Crippen MR) is 116 cm³/mol. The van der Waals surface area contributed by atoms with Gasteiger partial charge >= 0.3 is 0 Å². The van der Waals surface area contributed by atoms with Crippen molar-refractivity contribution in [1.82, 2.24) is 9.71 Å². The molecule has 148 valence electrons. The first-order chi connectivity index (χ1) is 13.9. The highest BCUT2D eigenvalue weighted by Gasteiger charge is 2.20. The molecule has 0 radical (unpaired) electrons. The summed E-state index contributed by atoms with van der Waals surface area (Å²) >= 11 is 2.61. The lowest BCUT2D eigenvalue weighted by Crippen LogP contribution is -2.19. The van der Waals surface area contributed by atoms with Crippen LogP contribution < -0.4 is 9.62 Å². The summed E-state index contributed by atoms with van der Waals surface area (Å²) in [6.07, 6.45) is 1.77. The molecule has 8 heteroatoms. The van der Waals surface area contributed by atoms with Crippen LogP contribution in [0.15, 0.2) is 42.5 Å². The maximum Gasteiger partial charge on any atom is 0.280 e. The van der Waals surface area contributed by atoms with Crippen molar-refractivity contribution in [1.29, 1.82) is 5.26 Å². The standard InChI is InChI=1S/C21H19FN4OS2/c1-13-4-5-16(10-18(13)22)12-26(17-8-6-15(11-23)7-9-17)21-24-19(14(2)29-21)20(27)25-28-3/h4-10H,12H2,1-3H3,(H,25,27). The zero-order valence-electron chi connectivity index (χ0n) is 16.2. The van der Waals surface area contributed by atoms with Crippen molar-refractivity contribution in [3.05, 3.63) is 75.5 Å². The number of hydrogen-bond acceptors (Lipinski definition) is 6. The fraction of sp³-hybridized carbons (Fsp3) is 0.190. The van der Waals surface area contributed by atoms with Crippen LogP contribution in [0.2, 0.25) is 0 Å². The lowest BCUT2D eigenvalue weighted by atomic mass is 10.1. The van der Waals surface area contributed by atoms with Gasteiger partial charge in [0.05, 0.1) is 18.2 Å². The van der Waals surface area contributed by atoms with Gasteiger partial charge < -0.3 is 4.90 Å². The molecular formula is C21H19FN4OS2. The minimum atomic E-state index is -0.266. The molecule has 0 saturated heterocycles. The molecule has 0 spiro atoms. The lowest BCUT2D eigenvalue weighted by molar-refractivity contribution is 0.0980. The maximum absolute atomic E-state index is 14.1. The van der Waals surface area contributed by atoms with E-state index in [0.717, 1.165) is 16.1 Å². The summed E-state index contributed by atoms with van der Waals surface area (Å²) in [6.45, 7) is 3.94. The minimum absolute atomic E-state index is 0.251. The molecule has 29 heavy (non-hydrogen) atoms. The summed E-state index contributed by atoms with van der Waals surface area (Å²) in [5, 5.41) is 9.69. The molecule has 1 N–H and O–H groups in total. The molecule has 1 heterocycles. The van der Waals surface area contributed by atoms with Gasteiger partial charge in [0.1, 0.15) is 11.5 Å². The van der Waals surface area contributed by atoms with E-state index in [0.29, 0.717) is 28.5 Å². The molecule has 0 atom stereocenters. The lowest BCUT2D eigenvalue weighted by Gasteiger charge is -2.22. The van der Waals surface area contributed by atoms with Crippen molar-refractivity contribution in [2.75, 3.05) is 11.2 Å². The quantitative estimate of drug-likeness (QED) is 0.554. The molecule has 0 aliphatic rings. The Kier molecular flexibility index (Phi) is 6.52. The van der Waals surface area contributed by atoms with Crippen molar-refractivity contribution in [2.24, 2.45) is 0 Å². The number of amides is 1. The van der Waals surface area contributed by atoms with Crippen molar-refractivity contribution in [2.45, 2.75) is 20.4 Å². The summed E-state index contributed by atoms with van der Waals surface area (Å²) < 4.78 is 16.8. The number of rotatable bonds is 6. The second kappa shape index (κ2) is 9.07. The third-order valence-electron chi connectivity index (χ3n) is 4.31. The molecule has 2 aromatic carbocycles. The first kappa shape index (κ1) is 20.8. The van der Waals surface area contributed by atoms with Gasteiger partial charge in [-0.3, -0.25) is 9.52 Å². The Labute approximate surface area is 177 Å². The highest BCUT2D eigenvalue weighted by atomic mass is 32.2. The third kappa shape index (κ3) is 4.75. The number of aryl methyl sites for hydroxylation is 2. The number of nitrogens with one attached hydrogen (secondary N) is 1. The Morgan fingerprint density at radius 3 is 2.62 bits per heavy atom. The average Bonchev–Trinajstić information content (AvgIpc) is 3.10. The van der Waals surface area contributed by atoms with E-state index in [1.807, 2.05) is 30.0 Å². The normalized spacial score (nSPS) is 10.4. The van der Waals surface area contributed by atoms with E-state index < -0.39 is 0 Å². The van der Waals surface area contributed by atoms with Gasteiger partial charge in [0, 0.05) is 16.8 Å². The molecular weight excluding hydrogens is 407 g/mol. The molecule has 0 fully saturated rings. The summed E-state index contributed by atoms with van der Waals surface area (Å²) in [5.74, 6) is -0.517. The maximum atomic E-state index is 14.1. The second-order valence-corrected chi connectivity index (χ2v) is 8.16. The van der Waals surface area contributed by atoms with Gasteiger partial charge in [-0.25, -0.2) is 9.37 Å². The highest BCUT2D eigenvalue weighted by molar-refractivity contribution is 7.97. The van der Waals surface area contributed by atoms with E-state index in [9.17, 15) is 9.18 Å². The fourth-order valence-electron chi connectivity index (χ4n) is 2.75. The van der Waals surface area contributed by atoms with Crippen LogP contribution in [-0.2, 0) is 6.54 Å². The number of halogens is 1. The monoisotopic (exact) mass is 426 g/mol. The van der Waals surface area contributed by atoms with Gasteiger partial charge in [0.15, 0.2) is 5.13 Å². The van der Waals surface area contributed by atoms with Crippen LogP contribution in [0.4, 0.5) is 15.2 Å². The van der Waals surface area contributed by atoms with Crippen LogP contribution in [0.5, 0.6) is 0 Å². The van der Waals surface area contributed by atoms with Crippen molar-refractivity contribution >= 4 is 40.0 Å². The van der Waals surface area contributed by atoms with E-state index in [-0.39, 0.29) is 11.7 Å². The van der Waals surface area contributed by atoms with E-state index in [4.69, 9.17) is 5.26 Å². The molecule has 0 unspecified atom stereocenters. The zero-order chi connectivity index (χ0) is 21.0. The highest BCUT2D eigenvalue weighted by Crippen LogP contribution is 2.33. The van der Waals surface area contributed by atoms with Crippen molar-refractivity contribution in [3.63, 3.8) is 0 Å². The number of thiazole rings is 1. The SMILES string of the molecule is CSNC(=O)c1nc(N(Cc2ccc(C)c(F)c2)c2ccc(C#N)cc2)sc1C. The van der Waals surface area contributed by atoms with Crippen molar-refractivity contribution < 1.29 is 9.18 Å². The fourth-order valence-corrected chi connectivity index (χ4v) is 3.96. The molecule has 3 aromatic rings. The Hall–Kier alpha value is -2.89. The summed E-state index contributed by atoms with van der Waals surface area (Å²) in [4.78, 5) is 19.5. The number of benzene rings is 2. The molecule has 5 nitrogen and oxygen atoms in total. The van der Waals surface area contributed by atoms with Gasteiger partial charge in [-0.05, 0) is 55.3 Å². The van der Waals surface area contributed by atoms with Gasteiger partial charge in [0.2, 0.25) is 0 Å². The van der Waals surface area contributed by atoms with Crippen molar-refractivity contribution in [3.8, 4) is 6.07 Å². The molecule has 3 rings (SSSR count). The van der Waals surface area contributed by atoms with Crippen LogP contribution in [0.25, 0.3) is 0 Å². The summed E-state index contributed by atoms with van der Waals surface area (Å²) in [7, 11) is 0. The summed E-state index contributed by atoms with van der Waals surface area (Å²) in [5.41, 5.74) is 3.08. The van der Waals surface area contributed by atoms with Gasteiger partial charge in [-0.15, -0.1) is 11.3 Å². The van der Waals surface area contributed by atoms with Gasteiger partial charge in [0.25, 0.3) is 5.91 Å². The number of aromatic nitrogens is 1. The number of carbonyl (C=O) groups excluding carboxylic acids is 1. The first-order valence-electron chi connectivity index (χ1n) is 8.76. The molecule has 0 aliphatic heterocycles. The number of nitriles is 1. The number of anilines is 2. The summed E-state index contributed by atoms with van der Waals surface area (Å²) in [6, 6.07) is 14.3. The van der Waals surface area contributed by atoms with E-state index in [2.05, 4.69) is 15.8 Å². The Morgan fingerprint density at radius 2 is 2.00 bits per heavy atom. The average molecular weight is 427 g/mol. The number of hydrogen-bond donors (Lipinski definition) is 1.